The van der Waals surface area contributed by atoms with Crippen molar-refractivity contribution in [3.63, 3.8) is 0 Å². The molecule has 0 saturated carbocycles. The maximum Gasteiger partial charge on any atom is 0.354 e. The fourth-order valence-electron chi connectivity index (χ4n) is 2.95. The molecule has 0 bridgehead atoms. The number of carbonyl (C=O) groups is 1. The monoisotopic (exact) mass is 379 g/mol. The van der Waals surface area contributed by atoms with Crippen molar-refractivity contribution in [2.75, 3.05) is 19.5 Å². The highest BCUT2D eigenvalue weighted by molar-refractivity contribution is 5.89. The zero-order valence-electron chi connectivity index (χ0n) is 15.2. The number of nitrogens with one attached hydrogen (secondary N) is 1. The van der Waals surface area contributed by atoms with E-state index in [0.717, 1.165) is 5.56 Å². The maximum atomic E-state index is 11.2. The molecule has 142 valence electrons. The van der Waals surface area contributed by atoms with Gasteiger partial charge in [0.15, 0.2) is 17.2 Å². The van der Waals surface area contributed by atoms with Crippen molar-refractivity contribution < 1.29 is 19.4 Å². The topological polar surface area (TPSA) is 111 Å². The average Bonchev–Trinajstić information content (AvgIpc) is 3.21. The van der Waals surface area contributed by atoms with Crippen molar-refractivity contribution in [3.05, 3.63) is 54.1 Å². The van der Waals surface area contributed by atoms with Crippen LogP contribution < -0.4 is 14.8 Å². The number of aromatic nitrogens is 4. The van der Waals surface area contributed by atoms with Gasteiger partial charge in [0.1, 0.15) is 28.9 Å². The third-order valence-corrected chi connectivity index (χ3v) is 4.36. The molecule has 1 aromatic carbocycles. The van der Waals surface area contributed by atoms with Gasteiger partial charge in [0.05, 0.1) is 20.4 Å². The van der Waals surface area contributed by atoms with Gasteiger partial charge in [-0.1, -0.05) is 0 Å². The van der Waals surface area contributed by atoms with Gasteiger partial charge in [-0.2, -0.15) is 0 Å². The van der Waals surface area contributed by atoms with E-state index in [0.29, 0.717) is 40.5 Å². The number of methoxy groups -OCH3 is 2. The van der Waals surface area contributed by atoms with Crippen molar-refractivity contribution in [2.24, 2.45) is 0 Å². The van der Waals surface area contributed by atoms with Crippen molar-refractivity contribution >= 4 is 28.5 Å². The fourth-order valence-corrected chi connectivity index (χ4v) is 2.95. The van der Waals surface area contributed by atoms with E-state index in [1.165, 1.54) is 6.07 Å². The Balaban J connectivity index is 1.72. The Labute approximate surface area is 159 Å². The molecule has 0 aliphatic carbocycles. The number of rotatable bonds is 6. The Morgan fingerprint density at radius 3 is 2.79 bits per heavy atom. The number of hydrogen-bond acceptors (Lipinski definition) is 7. The molecule has 4 aromatic rings. The molecule has 0 radical (unpaired) electrons. The van der Waals surface area contributed by atoms with E-state index in [9.17, 15) is 9.90 Å². The van der Waals surface area contributed by atoms with Crippen LogP contribution in [-0.2, 0) is 6.54 Å². The second-order valence-corrected chi connectivity index (χ2v) is 5.99. The number of aromatic carboxylic acids is 1. The lowest BCUT2D eigenvalue weighted by Gasteiger charge is -2.13. The van der Waals surface area contributed by atoms with Gasteiger partial charge in [-0.3, -0.25) is 4.40 Å². The number of fused-ring (bicyclic) bond motifs is 3. The first-order valence-corrected chi connectivity index (χ1v) is 8.41. The normalized spacial score (nSPS) is 10.9. The number of carboxylic acid groups (broad SMARTS) is 1. The lowest BCUT2D eigenvalue weighted by atomic mass is 10.2. The van der Waals surface area contributed by atoms with Gasteiger partial charge >= 0.3 is 5.97 Å². The molecule has 9 heteroatoms. The van der Waals surface area contributed by atoms with Crippen LogP contribution >= 0.6 is 0 Å². The first kappa shape index (κ1) is 17.5. The summed E-state index contributed by atoms with van der Waals surface area (Å²) in [7, 11) is 3.21. The molecule has 0 amide bonds. The Morgan fingerprint density at radius 1 is 1.18 bits per heavy atom. The van der Waals surface area contributed by atoms with Crippen LogP contribution in [0.4, 0.5) is 5.82 Å². The molecule has 4 rings (SSSR count). The summed E-state index contributed by atoms with van der Waals surface area (Å²) in [5.41, 5.74) is 2.56. The second kappa shape index (κ2) is 7.03. The van der Waals surface area contributed by atoms with Crippen LogP contribution in [0, 0.1) is 0 Å². The van der Waals surface area contributed by atoms with Crippen LogP contribution in [0.25, 0.3) is 16.7 Å². The minimum Gasteiger partial charge on any atom is -0.497 e. The van der Waals surface area contributed by atoms with Gasteiger partial charge < -0.3 is 19.9 Å². The third-order valence-electron chi connectivity index (χ3n) is 4.36. The molecule has 0 fully saturated rings. The summed E-state index contributed by atoms with van der Waals surface area (Å²) < 4.78 is 12.4. The lowest BCUT2D eigenvalue weighted by Crippen LogP contribution is -2.07. The summed E-state index contributed by atoms with van der Waals surface area (Å²) in [6.07, 6.45) is 3.23. The van der Waals surface area contributed by atoms with E-state index >= 15 is 0 Å². The van der Waals surface area contributed by atoms with Crippen LogP contribution in [0.2, 0.25) is 0 Å². The second-order valence-electron chi connectivity index (χ2n) is 5.99. The number of imidazole rings is 1. The van der Waals surface area contributed by atoms with Crippen LogP contribution in [0.15, 0.2) is 42.9 Å². The number of nitrogens with zero attached hydrogens (tertiary/aromatic N) is 4. The summed E-state index contributed by atoms with van der Waals surface area (Å²) >= 11 is 0. The number of hydrogen-bond donors (Lipinski definition) is 2. The zero-order valence-corrected chi connectivity index (χ0v) is 15.2. The molecule has 2 N–H and O–H groups in total. The number of anilines is 1. The van der Waals surface area contributed by atoms with Crippen molar-refractivity contribution in [2.45, 2.75) is 6.54 Å². The van der Waals surface area contributed by atoms with Crippen molar-refractivity contribution in [1.29, 1.82) is 0 Å². The molecule has 0 saturated heterocycles. The fraction of sp³-hybridized carbons (Fsp3) is 0.158. The van der Waals surface area contributed by atoms with E-state index in [2.05, 4.69) is 20.3 Å². The summed E-state index contributed by atoms with van der Waals surface area (Å²) in [6.45, 7) is 0.465. The van der Waals surface area contributed by atoms with E-state index < -0.39 is 5.97 Å². The number of carboxylic acids is 1. The SMILES string of the molecule is COc1ccc(CNc2nc3ccc(C(=O)O)nc3n3cncc23)c(OC)c1. The highest BCUT2D eigenvalue weighted by Gasteiger charge is 2.13. The first-order chi connectivity index (χ1) is 13.6. The molecule has 3 aromatic heterocycles. The van der Waals surface area contributed by atoms with Crippen LogP contribution in [0.3, 0.4) is 0 Å². The quantitative estimate of drug-likeness (QED) is 0.526. The molecular weight excluding hydrogens is 362 g/mol. The third kappa shape index (κ3) is 3.02. The van der Waals surface area contributed by atoms with E-state index in [-0.39, 0.29) is 5.69 Å². The van der Waals surface area contributed by atoms with Gasteiger partial charge in [-0.05, 0) is 24.3 Å². The van der Waals surface area contributed by atoms with Gasteiger partial charge in [0.25, 0.3) is 0 Å². The molecular formula is C19H17N5O4. The van der Waals surface area contributed by atoms with Crippen LogP contribution in [0.1, 0.15) is 16.1 Å². The summed E-state index contributed by atoms with van der Waals surface area (Å²) in [5.74, 6) is 0.921. The van der Waals surface area contributed by atoms with Crippen molar-refractivity contribution in [3.8, 4) is 11.5 Å². The Morgan fingerprint density at radius 2 is 2.04 bits per heavy atom. The molecule has 28 heavy (non-hydrogen) atoms. The number of pyridine rings is 1. The van der Waals surface area contributed by atoms with Gasteiger partial charge in [0, 0.05) is 18.2 Å². The standard InChI is InChI=1S/C19H17N5O4/c1-27-12-4-3-11(16(7-12)28-2)8-21-17-15-9-20-10-24(15)18-13(22-17)5-6-14(23-18)19(25)26/h3-7,9-10H,8H2,1-2H3,(H,21,22)(H,25,26). The minimum absolute atomic E-state index is 0.0482. The zero-order chi connectivity index (χ0) is 19.7. The number of ether oxygens (including phenoxy) is 2. The lowest BCUT2D eigenvalue weighted by molar-refractivity contribution is 0.0691. The molecule has 0 spiro atoms. The molecule has 0 aliphatic rings. The van der Waals surface area contributed by atoms with Gasteiger partial charge in [0.2, 0.25) is 0 Å². The van der Waals surface area contributed by atoms with E-state index in [1.54, 1.807) is 37.2 Å². The predicted molar refractivity (Wildman–Crippen MR) is 102 cm³/mol. The maximum absolute atomic E-state index is 11.2. The highest BCUT2D eigenvalue weighted by Crippen LogP contribution is 2.26. The summed E-state index contributed by atoms with van der Waals surface area (Å²) in [6, 6.07) is 8.65. The summed E-state index contributed by atoms with van der Waals surface area (Å²) in [4.78, 5) is 24.1. The largest absolute Gasteiger partial charge is 0.497 e. The van der Waals surface area contributed by atoms with Gasteiger partial charge in [-0.25, -0.2) is 19.7 Å². The molecule has 0 unspecified atom stereocenters. The van der Waals surface area contributed by atoms with Crippen LogP contribution in [0.5, 0.6) is 11.5 Å². The average molecular weight is 379 g/mol. The highest BCUT2D eigenvalue weighted by atomic mass is 16.5. The number of benzene rings is 1. The van der Waals surface area contributed by atoms with Gasteiger partial charge in [-0.15, -0.1) is 0 Å². The predicted octanol–water partition coefficient (Wildman–Crippen LogP) is 2.61. The van der Waals surface area contributed by atoms with Crippen molar-refractivity contribution in [1.82, 2.24) is 19.4 Å². The van der Waals surface area contributed by atoms with E-state index in [1.807, 2.05) is 18.2 Å². The molecule has 3 heterocycles. The molecule has 9 nitrogen and oxygen atoms in total. The van der Waals surface area contributed by atoms with Crippen LogP contribution in [-0.4, -0.2) is 44.6 Å². The van der Waals surface area contributed by atoms with E-state index in [4.69, 9.17) is 9.47 Å². The Kier molecular flexibility index (Phi) is 4.40. The first-order valence-electron chi connectivity index (χ1n) is 8.41. The molecule has 0 atom stereocenters. The Bertz CT molecular complexity index is 1190. The molecule has 0 aliphatic heterocycles. The minimum atomic E-state index is -1.09. The summed E-state index contributed by atoms with van der Waals surface area (Å²) in [5, 5.41) is 12.5. The smallest absolute Gasteiger partial charge is 0.354 e. The Hall–Kier alpha value is -3.88.